The molecule has 4 rings (SSSR count). The summed E-state index contributed by atoms with van der Waals surface area (Å²) in [4.78, 5) is 24.0. The number of fused-ring (bicyclic) bond motifs is 2. The average Bonchev–Trinajstić information content (AvgIpc) is 2.64. The highest BCUT2D eigenvalue weighted by Crippen LogP contribution is 2.59. The molecule has 0 bridgehead atoms. The van der Waals surface area contributed by atoms with Gasteiger partial charge < -0.3 is 9.15 Å². The molecule has 2 aliphatic rings. The maximum atomic E-state index is 12.5. The van der Waals surface area contributed by atoms with Gasteiger partial charge in [0.05, 0.1) is 6.61 Å². The Hall–Kier alpha value is -2.36. The minimum Gasteiger partial charge on any atom is -0.493 e. The highest BCUT2D eigenvalue weighted by molar-refractivity contribution is 5.85. The van der Waals surface area contributed by atoms with Crippen molar-refractivity contribution in [2.75, 3.05) is 6.61 Å². The van der Waals surface area contributed by atoms with E-state index in [1.54, 1.807) is 12.1 Å². The van der Waals surface area contributed by atoms with Crippen molar-refractivity contribution >= 4 is 16.8 Å². The zero-order valence-electron chi connectivity index (χ0n) is 16.9. The van der Waals surface area contributed by atoms with Crippen LogP contribution >= 0.6 is 0 Å². The predicted octanol–water partition coefficient (Wildman–Crippen LogP) is 5.15. The van der Waals surface area contributed by atoms with Crippen molar-refractivity contribution in [3.05, 3.63) is 52.9 Å². The summed E-state index contributed by atoms with van der Waals surface area (Å²) in [5.74, 6) is 1.62. The third-order valence-corrected chi connectivity index (χ3v) is 7.33. The standard InChI is InChI=1S/C24H28O4/c1-15-5-9-20-23(2,3)21(25)11-12-24(20,4)18(15)14-27-17-8-6-16-7-10-22(26)28-19(16)13-17/h6-8,10,13,18,20H,1,5,9,11-12,14H2,2-4H3/t18-,20+,24-/m0/s1. The average molecular weight is 380 g/mol. The molecule has 2 aromatic rings. The lowest BCUT2D eigenvalue weighted by Gasteiger charge is -2.56. The molecule has 0 aliphatic heterocycles. The largest absolute Gasteiger partial charge is 0.493 e. The van der Waals surface area contributed by atoms with Gasteiger partial charge in [0.1, 0.15) is 17.1 Å². The monoisotopic (exact) mass is 380 g/mol. The molecular formula is C24H28O4. The lowest BCUT2D eigenvalue weighted by Crippen LogP contribution is -2.54. The summed E-state index contributed by atoms with van der Waals surface area (Å²) >= 11 is 0. The van der Waals surface area contributed by atoms with Gasteiger partial charge >= 0.3 is 5.63 Å². The number of carbonyl (C=O) groups is 1. The van der Waals surface area contributed by atoms with Gasteiger partial charge in [0.2, 0.25) is 0 Å². The van der Waals surface area contributed by atoms with Gasteiger partial charge in [-0.05, 0) is 48.8 Å². The topological polar surface area (TPSA) is 56.5 Å². The summed E-state index contributed by atoms with van der Waals surface area (Å²) in [7, 11) is 0. The molecule has 0 radical (unpaired) electrons. The molecule has 148 valence electrons. The fraction of sp³-hybridized carbons (Fsp3) is 0.500. The van der Waals surface area contributed by atoms with Gasteiger partial charge in [-0.25, -0.2) is 4.79 Å². The Balaban J connectivity index is 1.59. The molecule has 1 aromatic heterocycles. The molecule has 0 saturated heterocycles. The van der Waals surface area contributed by atoms with Crippen LogP contribution in [0.1, 0.15) is 46.5 Å². The molecule has 0 unspecified atom stereocenters. The summed E-state index contributed by atoms with van der Waals surface area (Å²) in [6.07, 6.45) is 3.48. The van der Waals surface area contributed by atoms with Crippen molar-refractivity contribution in [3.63, 3.8) is 0 Å². The van der Waals surface area contributed by atoms with Crippen LogP contribution in [-0.2, 0) is 4.79 Å². The lowest BCUT2D eigenvalue weighted by atomic mass is 9.47. The number of carbonyl (C=O) groups excluding carboxylic acids is 1. The van der Waals surface area contributed by atoms with E-state index in [-0.39, 0.29) is 22.4 Å². The molecular weight excluding hydrogens is 352 g/mol. The van der Waals surface area contributed by atoms with Crippen LogP contribution < -0.4 is 10.4 Å². The fourth-order valence-electron chi connectivity index (χ4n) is 5.59. The molecule has 0 amide bonds. The smallest absolute Gasteiger partial charge is 0.336 e. The Morgan fingerprint density at radius 2 is 1.89 bits per heavy atom. The molecule has 0 spiro atoms. The van der Waals surface area contributed by atoms with E-state index in [9.17, 15) is 9.59 Å². The zero-order valence-corrected chi connectivity index (χ0v) is 16.9. The number of Topliss-reactive ketones (excluding diaryl/α,β-unsaturated/α-hetero) is 1. The van der Waals surface area contributed by atoms with Gasteiger partial charge in [0.15, 0.2) is 0 Å². The van der Waals surface area contributed by atoms with Gasteiger partial charge in [0.25, 0.3) is 0 Å². The van der Waals surface area contributed by atoms with Gasteiger partial charge in [-0.3, -0.25) is 4.79 Å². The summed E-state index contributed by atoms with van der Waals surface area (Å²) in [5.41, 5.74) is 1.10. The second kappa shape index (κ2) is 6.61. The number of ether oxygens (including phenoxy) is 1. The van der Waals surface area contributed by atoms with E-state index in [2.05, 4.69) is 27.4 Å². The zero-order chi connectivity index (χ0) is 20.1. The normalized spacial score (nSPS) is 29.5. The number of ketones is 1. The summed E-state index contributed by atoms with van der Waals surface area (Å²) in [6.45, 7) is 11.4. The van der Waals surface area contributed by atoms with Crippen LogP contribution in [0.25, 0.3) is 11.0 Å². The van der Waals surface area contributed by atoms with Gasteiger partial charge in [-0.1, -0.05) is 32.9 Å². The number of hydrogen-bond donors (Lipinski definition) is 0. The van der Waals surface area contributed by atoms with Crippen molar-refractivity contribution in [2.45, 2.75) is 46.5 Å². The first-order valence-electron chi connectivity index (χ1n) is 10.1. The van der Waals surface area contributed by atoms with Gasteiger partial charge in [-0.2, -0.15) is 0 Å². The number of rotatable bonds is 3. The van der Waals surface area contributed by atoms with E-state index in [1.807, 2.05) is 12.1 Å². The van der Waals surface area contributed by atoms with Gasteiger partial charge in [-0.15, -0.1) is 0 Å². The van der Waals surface area contributed by atoms with Crippen molar-refractivity contribution in [1.29, 1.82) is 0 Å². The van der Waals surface area contributed by atoms with Crippen molar-refractivity contribution in [3.8, 4) is 5.75 Å². The predicted molar refractivity (Wildman–Crippen MR) is 109 cm³/mol. The van der Waals surface area contributed by atoms with Crippen LogP contribution in [0.15, 0.2) is 51.7 Å². The van der Waals surface area contributed by atoms with Crippen LogP contribution in [0, 0.1) is 22.7 Å². The van der Waals surface area contributed by atoms with Crippen LogP contribution in [0.3, 0.4) is 0 Å². The molecule has 2 fully saturated rings. The van der Waals surface area contributed by atoms with E-state index in [0.29, 0.717) is 36.1 Å². The Morgan fingerprint density at radius 3 is 2.68 bits per heavy atom. The first-order chi connectivity index (χ1) is 13.2. The number of benzene rings is 1. The highest BCUT2D eigenvalue weighted by Gasteiger charge is 2.56. The van der Waals surface area contributed by atoms with Crippen LogP contribution in [0.4, 0.5) is 0 Å². The van der Waals surface area contributed by atoms with E-state index in [4.69, 9.17) is 9.15 Å². The molecule has 28 heavy (non-hydrogen) atoms. The quantitative estimate of drug-likeness (QED) is 0.546. The molecule has 1 heterocycles. The lowest BCUT2D eigenvalue weighted by molar-refractivity contribution is -0.145. The summed E-state index contributed by atoms with van der Waals surface area (Å²) < 4.78 is 11.4. The van der Waals surface area contributed by atoms with E-state index in [1.165, 1.54) is 11.6 Å². The minimum atomic E-state index is -0.366. The molecule has 4 heteroatoms. The second-order valence-corrected chi connectivity index (χ2v) is 9.22. The molecule has 4 nitrogen and oxygen atoms in total. The Kier molecular flexibility index (Phi) is 4.48. The molecule has 0 N–H and O–H groups in total. The summed E-state index contributed by atoms with van der Waals surface area (Å²) in [6, 6.07) is 8.75. The van der Waals surface area contributed by atoms with Crippen LogP contribution in [0.5, 0.6) is 5.75 Å². The van der Waals surface area contributed by atoms with E-state index in [0.717, 1.165) is 24.6 Å². The molecule has 2 aliphatic carbocycles. The first kappa shape index (κ1) is 19.0. The Morgan fingerprint density at radius 1 is 1.14 bits per heavy atom. The highest BCUT2D eigenvalue weighted by atomic mass is 16.5. The van der Waals surface area contributed by atoms with Crippen molar-refractivity contribution in [1.82, 2.24) is 0 Å². The number of hydrogen-bond acceptors (Lipinski definition) is 4. The van der Waals surface area contributed by atoms with Crippen molar-refractivity contribution < 1.29 is 13.9 Å². The SMILES string of the molecule is C=C1CC[C@@H]2C(C)(C)C(=O)CC[C@@]2(C)[C@H]1COc1ccc2ccc(=O)oc2c1. The van der Waals surface area contributed by atoms with Crippen LogP contribution in [0.2, 0.25) is 0 Å². The van der Waals surface area contributed by atoms with Gasteiger partial charge in [0, 0.05) is 35.3 Å². The minimum absolute atomic E-state index is 0.0101. The maximum Gasteiger partial charge on any atom is 0.336 e. The fourth-order valence-corrected chi connectivity index (χ4v) is 5.59. The second-order valence-electron chi connectivity index (χ2n) is 9.22. The van der Waals surface area contributed by atoms with E-state index >= 15 is 0 Å². The molecule has 3 atom stereocenters. The first-order valence-corrected chi connectivity index (χ1v) is 10.1. The summed E-state index contributed by atoms with van der Waals surface area (Å²) in [5, 5.41) is 0.869. The Bertz CT molecular complexity index is 999. The molecule has 2 saturated carbocycles. The third kappa shape index (κ3) is 2.99. The third-order valence-electron chi connectivity index (χ3n) is 7.33. The Labute approximate surface area is 165 Å². The van der Waals surface area contributed by atoms with E-state index < -0.39 is 0 Å². The van der Waals surface area contributed by atoms with Crippen molar-refractivity contribution in [2.24, 2.45) is 22.7 Å². The van der Waals surface area contributed by atoms with Crippen LogP contribution in [-0.4, -0.2) is 12.4 Å². The maximum absolute atomic E-state index is 12.5. The molecule has 1 aromatic carbocycles.